The van der Waals surface area contributed by atoms with Crippen LogP contribution in [0.4, 0.5) is 0 Å². The van der Waals surface area contributed by atoms with E-state index in [1.807, 2.05) is 24.3 Å². The Morgan fingerprint density at radius 3 is 2.74 bits per heavy atom. The molecule has 2 aromatic rings. The highest BCUT2D eigenvalue weighted by Crippen LogP contribution is 2.38. The van der Waals surface area contributed by atoms with E-state index in [2.05, 4.69) is 5.32 Å². The first-order valence-corrected chi connectivity index (χ1v) is 9.80. The Balaban J connectivity index is 0.00000210. The van der Waals surface area contributed by atoms with E-state index in [1.165, 1.54) is 10.4 Å². The molecule has 4 rings (SSSR count). The van der Waals surface area contributed by atoms with Crippen LogP contribution in [0.5, 0.6) is 17.2 Å². The summed E-state index contributed by atoms with van der Waals surface area (Å²) in [5.74, 6) is 1.69. The number of piperazine rings is 1. The molecule has 1 saturated heterocycles. The van der Waals surface area contributed by atoms with Gasteiger partial charge in [0.1, 0.15) is 5.75 Å². The van der Waals surface area contributed by atoms with Crippen molar-refractivity contribution in [3.63, 3.8) is 0 Å². The topological polar surface area (TPSA) is 77.1 Å². The van der Waals surface area contributed by atoms with Crippen LogP contribution in [0.2, 0.25) is 0 Å². The molecule has 2 aliphatic heterocycles. The number of nitrogens with zero attached hydrogens (tertiary/aromatic N) is 1. The third-order valence-corrected chi connectivity index (χ3v) is 6.55. The summed E-state index contributed by atoms with van der Waals surface area (Å²) in [5, 5.41) is 3.27. The third-order valence-electron chi connectivity index (χ3n) is 4.64. The van der Waals surface area contributed by atoms with Crippen LogP contribution < -0.4 is 19.5 Å². The summed E-state index contributed by atoms with van der Waals surface area (Å²) < 4.78 is 44.2. The van der Waals surface area contributed by atoms with Crippen molar-refractivity contribution in [2.24, 2.45) is 0 Å². The summed E-state index contributed by atoms with van der Waals surface area (Å²) >= 11 is 0. The lowest BCUT2D eigenvalue weighted by Crippen LogP contribution is -2.48. The summed E-state index contributed by atoms with van der Waals surface area (Å²) in [4.78, 5) is 0.198. The van der Waals surface area contributed by atoms with Crippen molar-refractivity contribution in [1.82, 2.24) is 9.62 Å². The highest BCUT2D eigenvalue weighted by Gasteiger charge is 2.36. The second-order valence-corrected chi connectivity index (χ2v) is 7.98. The molecule has 0 aromatic heterocycles. The SMILES string of the molecule is COc1ccccc1C1CNCCN1S(=O)(=O)c1ccc2c(c1)OCO2.Cl. The second-order valence-electron chi connectivity index (χ2n) is 6.09. The fraction of sp³-hybridized carbons (Fsp3) is 0.333. The van der Waals surface area contributed by atoms with Gasteiger partial charge >= 0.3 is 0 Å². The normalized spacial score (nSPS) is 19.4. The van der Waals surface area contributed by atoms with Crippen molar-refractivity contribution < 1.29 is 22.6 Å². The van der Waals surface area contributed by atoms with Gasteiger partial charge in [0, 0.05) is 31.3 Å². The molecule has 0 spiro atoms. The molecular weight excluding hydrogens is 392 g/mol. The maximum atomic E-state index is 13.3. The maximum absolute atomic E-state index is 13.3. The Morgan fingerprint density at radius 2 is 1.93 bits per heavy atom. The fourth-order valence-electron chi connectivity index (χ4n) is 3.35. The van der Waals surface area contributed by atoms with Gasteiger partial charge in [0.25, 0.3) is 0 Å². The fourth-order valence-corrected chi connectivity index (χ4v) is 4.97. The molecule has 0 radical (unpaired) electrons. The second kappa shape index (κ2) is 7.93. The number of halogens is 1. The van der Waals surface area contributed by atoms with Gasteiger partial charge in [-0.15, -0.1) is 12.4 Å². The first kappa shape index (κ1) is 19.8. The first-order valence-electron chi connectivity index (χ1n) is 8.36. The molecule has 1 atom stereocenters. The molecule has 27 heavy (non-hydrogen) atoms. The number of rotatable bonds is 4. The van der Waals surface area contributed by atoms with E-state index in [4.69, 9.17) is 14.2 Å². The van der Waals surface area contributed by atoms with Crippen molar-refractivity contribution in [2.45, 2.75) is 10.9 Å². The van der Waals surface area contributed by atoms with Crippen molar-refractivity contribution in [1.29, 1.82) is 0 Å². The molecule has 7 nitrogen and oxygen atoms in total. The molecule has 0 amide bonds. The van der Waals surface area contributed by atoms with Gasteiger partial charge in [0.2, 0.25) is 16.8 Å². The van der Waals surface area contributed by atoms with Crippen molar-refractivity contribution in [3.05, 3.63) is 48.0 Å². The van der Waals surface area contributed by atoms with Crippen LogP contribution in [0.1, 0.15) is 11.6 Å². The minimum Gasteiger partial charge on any atom is -0.496 e. The summed E-state index contributed by atoms with van der Waals surface area (Å²) in [6.07, 6.45) is 0. The Kier molecular flexibility index (Phi) is 5.81. The lowest BCUT2D eigenvalue weighted by molar-refractivity contribution is 0.174. The molecule has 2 aromatic carbocycles. The van der Waals surface area contributed by atoms with Crippen LogP contribution in [-0.2, 0) is 10.0 Å². The molecule has 1 unspecified atom stereocenters. The van der Waals surface area contributed by atoms with Gasteiger partial charge in [-0.1, -0.05) is 18.2 Å². The molecule has 9 heteroatoms. The van der Waals surface area contributed by atoms with Crippen molar-refractivity contribution in [3.8, 4) is 17.2 Å². The number of fused-ring (bicyclic) bond motifs is 1. The largest absolute Gasteiger partial charge is 0.496 e. The van der Waals surface area contributed by atoms with E-state index in [1.54, 1.807) is 19.2 Å². The minimum atomic E-state index is -3.70. The van der Waals surface area contributed by atoms with E-state index in [-0.39, 0.29) is 30.1 Å². The zero-order valence-corrected chi connectivity index (χ0v) is 16.4. The van der Waals surface area contributed by atoms with Crippen LogP contribution >= 0.6 is 12.4 Å². The van der Waals surface area contributed by atoms with E-state index in [0.29, 0.717) is 36.9 Å². The smallest absolute Gasteiger partial charge is 0.243 e. The highest BCUT2D eigenvalue weighted by atomic mass is 35.5. The highest BCUT2D eigenvalue weighted by molar-refractivity contribution is 7.89. The predicted octanol–water partition coefficient (Wildman–Crippen LogP) is 2.18. The van der Waals surface area contributed by atoms with Gasteiger partial charge in [0.05, 0.1) is 18.0 Å². The Morgan fingerprint density at radius 1 is 1.15 bits per heavy atom. The summed E-state index contributed by atoms with van der Waals surface area (Å²) in [7, 11) is -2.11. The average Bonchev–Trinajstić information content (AvgIpc) is 3.16. The number of hydrogen-bond donors (Lipinski definition) is 1. The quantitative estimate of drug-likeness (QED) is 0.829. The summed E-state index contributed by atoms with van der Waals surface area (Å²) in [6.45, 7) is 1.59. The lowest BCUT2D eigenvalue weighted by Gasteiger charge is -2.36. The van der Waals surface area contributed by atoms with E-state index < -0.39 is 10.0 Å². The van der Waals surface area contributed by atoms with Gasteiger partial charge in [-0.3, -0.25) is 0 Å². The van der Waals surface area contributed by atoms with Crippen molar-refractivity contribution in [2.75, 3.05) is 33.5 Å². The number of benzene rings is 2. The van der Waals surface area contributed by atoms with Crippen molar-refractivity contribution >= 4 is 22.4 Å². The van der Waals surface area contributed by atoms with Gasteiger partial charge < -0.3 is 19.5 Å². The number of sulfonamides is 1. The van der Waals surface area contributed by atoms with Gasteiger partial charge in [-0.05, 0) is 18.2 Å². The first-order chi connectivity index (χ1) is 12.6. The molecule has 1 N–H and O–H groups in total. The molecule has 146 valence electrons. The van der Waals surface area contributed by atoms with Gasteiger partial charge in [-0.2, -0.15) is 4.31 Å². The Labute approximate surface area is 164 Å². The van der Waals surface area contributed by atoms with Gasteiger partial charge in [0.15, 0.2) is 11.5 Å². The zero-order chi connectivity index (χ0) is 18.1. The molecule has 0 bridgehead atoms. The maximum Gasteiger partial charge on any atom is 0.243 e. The molecular formula is C18H21ClN2O5S. The monoisotopic (exact) mass is 412 g/mol. The summed E-state index contributed by atoms with van der Waals surface area (Å²) in [5.41, 5.74) is 0.839. The number of nitrogens with one attached hydrogen (secondary N) is 1. The standard InChI is InChI=1S/C18H20N2O5S.ClH/c1-23-16-5-3-2-4-14(16)15-11-19-8-9-20(15)26(21,22)13-6-7-17-18(10-13)25-12-24-17;/h2-7,10,15,19H,8-9,11-12H2,1H3;1H. The van der Waals surface area contributed by atoms with E-state index in [9.17, 15) is 8.42 Å². The van der Waals surface area contributed by atoms with Crippen LogP contribution in [0.25, 0.3) is 0 Å². The van der Waals surface area contributed by atoms with Crippen LogP contribution in [0, 0.1) is 0 Å². The molecule has 0 aliphatic carbocycles. The average molecular weight is 413 g/mol. The number of methoxy groups -OCH3 is 1. The third kappa shape index (κ3) is 3.58. The molecule has 1 fully saturated rings. The zero-order valence-electron chi connectivity index (χ0n) is 14.8. The molecule has 2 aliphatic rings. The number of para-hydroxylation sites is 1. The molecule has 2 heterocycles. The lowest BCUT2D eigenvalue weighted by atomic mass is 10.0. The van der Waals surface area contributed by atoms with E-state index in [0.717, 1.165) is 5.56 Å². The van der Waals surface area contributed by atoms with Gasteiger partial charge in [-0.25, -0.2) is 8.42 Å². The van der Waals surface area contributed by atoms with E-state index >= 15 is 0 Å². The van der Waals surface area contributed by atoms with Crippen LogP contribution in [-0.4, -0.2) is 46.3 Å². The van der Waals surface area contributed by atoms with Crippen LogP contribution in [0.3, 0.4) is 0 Å². The van der Waals surface area contributed by atoms with Crippen LogP contribution in [0.15, 0.2) is 47.4 Å². The Bertz CT molecular complexity index is 922. The number of ether oxygens (including phenoxy) is 3. The Hall–Kier alpha value is -2.00. The summed E-state index contributed by atoms with van der Waals surface area (Å²) in [6, 6.07) is 11.9. The molecule has 0 saturated carbocycles. The number of hydrogen-bond acceptors (Lipinski definition) is 6. The minimum absolute atomic E-state index is 0. The predicted molar refractivity (Wildman–Crippen MR) is 102 cm³/mol.